The van der Waals surface area contributed by atoms with Crippen LogP contribution in [0.3, 0.4) is 0 Å². The summed E-state index contributed by atoms with van der Waals surface area (Å²) in [5, 5.41) is 3.55. The predicted molar refractivity (Wildman–Crippen MR) is 88.0 cm³/mol. The lowest BCUT2D eigenvalue weighted by Gasteiger charge is -2.20. The Morgan fingerprint density at radius 3 is 1.80 bits per heavy atom. The van der Waals surface area contributed by atoms with Crippen molar-refractivity contribution in [2.24, 2.45) is 16.7 Å². The lowest BCUT2D eigenvalue weighted by Crippen LogP contribution is -2.21. The molecular formula is C19H31N. The van der Waals surface area contributed by atoms with Gasteiger partial charge in [-0.3, -0.25) is 0 Å². The smallest absolute Gasteiger partial charge is 0.0356 e. The lowest BCUT2D eigenvalue weighted by molar-refractivity contribution is 0.438. The lowest BCUT2D eigenvalue weighted by atomic mass is 9.92. The Morgan fingerprint density at radius 1 is 1.00 bits per heavy atom. The highest BCUT2D eigenvalue weighted by Crippen LogP contribution is 2.72. The second-order valence-corrected chi connectivity index (χ2v) is 7.66. The minimum Gasteiger partial charge on any atom is -0.313 e. The maximum Gasteiger partial charge on any atom is 0.0356 e. The largest absolute Gasteiger partial charge is 0.313 e. The third-order valence-corrected chi connectivity index (χ3v) is 6.25. The molecule has 1 aliphatic carbocycles. The zero-order chi connectivity index (χ0) is 15.1. The van der Waals surface area contributed by atoms with Gasteiger partial charge < -0.3 is 5.32 Å². The molecule has 1 fully saturated rings. The standard InChI is InChI=1S/C19H31N/c1-8-13(2)14-9-11-15(12-10-14)16(20-7)17-18(3,4)19(17,5)6/h9-13,16-17,20H,8H2,1-7H3. The molecule has 1 N–H and O–H groups in total. The quantitative estimate of drug-likeness (QED) is 0.783. The summed E-state index contributed by atoms with van der Waals surface area (Å²) in [4.78, 5) is 0. The minimum atomic E-state index is 0.413. The Labute approximate surface area is 125 Å². The molecule has 0 aliphatic heterocycles. The van der Waals surface area contributed by atoms with Gasteiger partial charge in [0, 0.05) is 6.04 Å². The molecule has 1 heteroatoms. The van der Waals surface area contributed by atoms with Gasteiger partial charge in [0.05, 0.1) is 0 Å². The Hall–Kier alpha value is -0.820. The van der Waals surface area contributed by atoms with Crippen molar-refractivity contribution in [3.05, 3.63) is 35.4 Å². The maximum atomic E-state index is 3.55. The van der Waals surface area contributed by atoms with E-state index in [-0.39, 0.29) is 0 Å². The molecule has 0 radical (unpaired) electrons. The van der Waals surface area contributed by atoms with Gasteiger partial charge in [0.15, 0.2) is 0 Å². The fraction of sp³-hybridized carbons (Fsp3) is 0.684. The van der Waals surface area contributed by atoms with Crippen molar-refractivity contribution < 1.29 is 0 Å². The minimum absolute atomic E-state index is 0.413. The highest BCUT2D eigenvalue weighted by molar-refractivity contribution is 5.31. The van der Waals surface area contributed by atoms with E-state index in [0.717, 1.165) is 0 Å². The van der Waals surface area contributed by atoms with Gasteiger partial charge in [-0.1, -0.05) is 65.8 Å². The summed E-state index contributed by atoms with van der Waals surface area (Å²) in [5.74, 6) is 1.36. The number of rotatable bonds is 5. The van der Waals surface area contributed by atoms with Crippen molar-refractivity contribution in [1.29, 1.82) is 0 Å². The average Bonchev–Trinajstić information content (AvgIpc) is 2.82. The van der Waals surface area contributed by atoms with Crippen LogP contribution in [0, 0.1) is 16.7 Å². The molecule has 1 saturated carbocycles. The van der Waals surface area contributed by atoms with Gasteiger partial charge in [-0.15, -0.1) is 0 Å². The van der Waals surface area contributed by atoms with Crippen molar-refractivity contribution in [2.75, 3.05) is 7.05 Å². The van der Waals surface area contributed by atoms with Gasteiger partial charge >= 0.3 is 0 Å². The molecule has 0 amide bonds. The SMILES string of the molecule is CCC(C)c1ccc(C(NC)C2C(C)(C)C2(C)C)cc1. The summed E-state index contributed by atoms with van der Waals surface area (Å²) in [6.07, 6.45) is 1.21. The van der Waals surface area contributed by atoms with E-state index in [1.165, 1.54) is 17.5 Å². The first kappa shape index (κ1) is 15.6. The number of benzene rings is 1. The van der Waals surface area contributed by atoms with Crippen LogP contribution in [0.25, 0.3) is 0 Å². The summed E-state index contributed by atoms with van der Waals surface area (Å²) in [6, 6.07) is 9.75. The first-order valence-electron chi connectivity index (χ1n) is 8.04. The van der Waals surface area contributed by atoms with Crippen molar-refractivity contribution in [3.63, 3.8) is 0 Å². The second-order valence-electron chi connectivity index (χ2n) is 7.66. The van der Waals surface area contributed by atoms with E-state index in [4.69, 9.17) is 0 Å². The molecular weight excluding hydrogens is 242 g/mol. The first-order valence-corrected chi connectivity index (χ1v) is 8.04. The van der Waals surface area contributed by atoms with Crippen molar-refractivity contribution in [3.8, 4) is 0 Å². The molecule has 0 spiro atoms. The molecule has 2 atom stereocenters. The topological polar surface area (TPSA) is 12.0 Å². The molecule has 0 heterocycles. The van der Waals surface area contributed by atoms with Crippen LogP contribution in [-0.2, 0) is 0 Å². The van der Waals surface area contributed by atoms with Crippen LogP contribution >= 0.6 is 0 Å². The fourth-order valence-corrected chi connectivity index (χ4v) is 3.87. The first-order chi connectivity index (χ1) is 9.27. The predicted octanol–water partition coefficient (Wildman–Crippen LogP) is 5.14. The summed E-state index contributed by atoms with van der Waals surface area (Å²) in [7, 11) is 2.09. The summed E-state index contributed by atoms with van der Waals surface area (Å²) < 4.78 is 0. The van der Waals surface area contributed by atoms with Gasteiger partial charge in [-0.25, -0.2) is 0 Å². The van der Waals surface area contributed by atoms with E-state index in [0.29, 0.717) is 28.7 Å². The zero-order valence-electron chi connectivity index (χ0n) is 14.2. The van der Waals surface area contributed by atoms with Crippen LogP contribution in [0.2, 0.25) is 0 Å². The number of hydrogen-bond acceptors (Lipinski definition) is 1. The van der Waals surface area contributed by atoms with Crippen LogP contribution in [0.5, 0.6) is 0 Å². The summed E-state index contributed by atoms with van der Waals surface area (Å²) in [5.41, 5.74) is 3.72. The number of nitrogens with one attached hydrogen (secondary N) is 1. The highest BCUT2D eigenvalue weighted by atomic mass is 14.9. The van der Waals surface area contributed by atoms with E-state index >= 15 is 0 Å². The Morgan fingerprint density at radius 2 is 1.45 bits per heavy atom. The second kappa shape index (κ2) is 5.18. The monoisotopic (exact) mass is 273 g/mol. The van der Waals surface area contributed by atoms with E-state index in [1.807, 2.05) is 0 Å². The van der Waals surface area contributed by atoms with E-state index in [1.54, 1.807) is 0 Å². The highest BCUT2D eigenvalue weighted by Gasteiger charge is 2.67. The average molecular weight is 273 g/mol. The molecule has 112 valence electrons. The van der Waals surface area contributed by atoms with E-state index in [9.17, 15) is 0 Å². The number of hydrogen-bond donors (Lipinski definition) is 1. The Bertz CT molecular complexity index is 441. The third kappa shape index (κ3) is 2.30. The zero-order valence-corrected chi connectivity index (χ0v) is 14.2. The van der Waals surface area contributed by atoms with Gasteiger partial charge in [0.2, 0.25) is 0 Å². The summed E-state index contributed by atoms with van der Waals surface area (Å²) in [6.45, 7) is 14.2. The Balaban J connectivity index is 2.22. The van der Waals surface area contributed by atoms with Crippen molar-refractivity contribution >= 4 is 0 Å². The Kier molecular flexibility index (Phi) is 4.03. The van der Waals surface area contributed by atoms with Crippen LogP contribution in [0.4, 0.5) is 0 Å². The fourth-order valence-electron chi connectivity index (χ4n) is 3.87. The van der Waals surface area contributed by atoms with Gasteiger partial charge in [0.1, 0.15) is 0 Å². The van der Waals surface area contributed by atoms with E-state index in [2.05, 4.69) is 78.2 Å². The van der Waals surface area contributed by atoms with Gasteiger partial charge in [-0.05, 0) is 47.3 Å². The van der Waals surface area contributed by atoms with Gasteiger partial charge in [-0.2, -0.15) is 0 Å². The third-order valence-electron chi connectivity index (χ3n) is 6.25. The maximum absolute atomic E-state index is 3.55. The molecule has 1 aliphatic rings. The molecule has 1 aromatic carbocycles. The molecule has 0 bridgehead atoms. The van der Waals surface area contributed by atoms with Crippen LogP contribution in [-0.4, -0.2) is 7.05 Å². The van der Waals surface area contributed by atoms with Crippen molar-refractivity contribution in [1.82, 2.24) is 5.32 Å². The molecule has 1 aromatic rings. The molecule has 0 aromatic heterocycles. The van der Waals surface area contributed by atoms with Crippen molar-refractivity contribution in [2.45, 2.75) is 59.9 Å². The molecule has 2 unspecified atom stereocenters. The molecule has 1 nitrogen and oxygen atoms in total. The van der Waals surface area contributed by atoms with Gasteiger partial charge in [0.25, 0.3) is 0 Å². The van der Waals surface area contributed by atoms with Crippen LogP contribution in [0.1, 0.15) is 71.0 Å². The molecule has 20 heavy (non-hydrogen) atoms. The van der Waals surface area contributed by atoms with Crippen LogP contribution in [0.15, 0.2) is 24.3 Å². The molecule has 2 rings (SSSR count). The van der Waals surface area contributed by atoms with Crippen LogP contribution < -0.4 is 5.32 Å². The summed E-state index contributed by atoms with van der Waals surface area (Å²) >= 11 is 0. The molecule has 0 saturated heterocycles. The normalized spacial score (nSPS) is 23.4. The van der Waals surface area contributed by atoms with E-state index < -0.39 is 0 Å².